The molecule has 1 unspecified atom stereocenters. The number of rotatable bonds is 4. The van der Waals surface area contributed by atoms with Gasteiger partial charge in [-0.05, 0) is 24.3 Å². The number of carboxylic acid groups (broad SMARTS) is 1. The second-order valence-electron chi connectivity index (χ2n) is 2.98. The van der Waals surface area contributed by atoms with Crippen LogP contribution in [0.2, 0.25) is 0 Å². The van der Waals surface area contributed by atoms with Gasteiger partial charge in [0.25, 0.3) is 5.06 Å². The van der Waals surface area contributed by atoms with Crippen LogP contribution < -0.4 is 4.74 Å². The number of alkyl halides is 1. The van der Waals surface area contributed by atoms with Gasteiger partial charge in [-0.1, -0.05) is 18.5 Å². The van der Waals surface area contributed by atoms with Crippen LogP contribution in [0.1, 0.15) is 13.3 Å². The zero-order valence-electron chi connectivity index (χ0n) is 8.11. The maximum atomic E-state index is 10.8. The lowest BCUT2D eigenvalue weighted by atomic mass is 10.2. The summed E-state index contributed by atoms with van der Waals surface area (Å²) in [5, 5.41) is 16.1. The van der Waals surface area contributed by atoms with Crippen molar-refractivity contribution in [2.75, 3.05) is 0 Å². The van der Waals surface area contributed by atoms with E-state index in [-0.39, 0.29) is 12.2 Å². The summed E-state index contributed by atoms with van der Waals surface area (Å²) in [7, 11) is 0. The van der Waals surface area contributed by atoms with Crippen LogP contribution in [0.15, 0.2) is 24.3 Å². The number of hydrogen-bond donors (Lipinski definition) is 2. The van der Waals surface area contributed by atoms with Gasteiger partial charge in [0.15, 0.2) is 0 Å². The van der Waals surface area contributed by atoms with E-state index in [1.807, 2.05) is 0 Å². The first-order valence-corrected chi connectivity index (χ1v) is 4.76. The van der Waals surface area contributed by atoms with Gasteiger partial charge in [-0.15, -0.1) is 0 Å². The number of carbonyl (C=O) groups is 1. The molecule has 0 heterocycles. The zero-order chi connectivity index (χ0) is 11.5. The molecule has 82 valence electrons. The smallest absolute Gasteiger partial charge is 0.364 e. The first kappa shape index (κ1) is 11.7. The van der Waals surface area contributed by atoms with E-state index in [1.165, 1.54) is 24.3 Å². The molecule has 1 aromatic carbocycles. The van der Waals surface area contributed by atoms with Gasteiger partial charge in [0.2, 0.25) is 0 Å². The van der Waals surface area contributed by atoms with Crippen LogP contribution in [-0.4, -0.2) is 21.2 Å². The Kier molecular flexibility index (Phi) is 3.42. The van der Waals surface area contributed by atoms with Crippen molar-refractivity contribution in [1.82, 2.24) is 0 Å². The largest absolute Gasteiger partial charge is 0.508 e. The monoisotopic (exact) mass is 230 g/mol. The number of halogens is 1. The van der Waals surface area contributed by atoms with Crippen molar-refractivity contribution in [3.8, 4) is 11.5 Å². The molecular formula is C10H11ClO4. The SMILES string of the molecule is CCC(Cl)(Oc1ccc(O)cc1)C(=O)O. The summed E-state index contributed by atoms with van der Waals surface area (Å²) in [5.74, 6) is -0.860. The summed E-state index contributed by atoms with van der Waals surface area (Å²) in [6, 6.07) is 5.68. The number of benzene rings is 1. The summed E-state index contributed by atoms with van der Waals surface area (Å²) in [6.45, 7) is 1.61. The molecule has 5 heteroatoms. The molecule has 0 radical (unpaired) electrons. The number of phenolic OH excluding ortho intramolecular Hbond substituents is 1. The van der Waals surface area contributed by atoms with Crippen molar-refractivity contribution >= 4 is 17.6 Å². The minimum Gasteiger partial charge on any atom is -0.508 e. The third kappa shape index (κ3) is 2.76. The van der Waals surface area contributed by atoms with Gasteiger partial charge in [-0.25, -0.2) is 4.79 Å². The van der Waals surface area contributed by atoms with E-state index < -0.39 is 11.0 Å². The summed E-state index contributed by atoms with van der Waals surface area (Å²) in [4.78, 5) is 10.8. The van der Waals surface area contributed by atoms with Crippen LogP contribution in [0.5, 0.6) is 11.5 Å². The molecule has 1 atom stereocenters. The van der Waals surface area contributed by atoms with Crippen molar-refractivity contribution in [2.24, 2.45) is 0 Å². The molecule has 0 aliphatic carbocycles. The number of phenols is 1. The van der Waals surface area contributed by atoms with Gasteiger partial charge < -0.3 is 14.9 Å². The number of carboxylic acids is 1. The van der Waals surface area contributed by atoms with Gasteiger partial charge in [-0.3, -0.25) is 0 Å². The van der Waals surface area contributed by atoms with E-state index in [4.69, 9.17) is 26.6 Å². The average molecular weight is 231 g/mol. The molecule has 0 spiro atoms. The highest BCUT2D eigenvalue weighted by atomic mass is 35.5. The Labute approximate surface area is 92.1 Å². The third-order valence-corrected chi connectivity index (χ3v) is 2.40. The molecular weight excluding hydrogens is 220 g/mol. The Balaban J connectivity index is 2.84. The predicted molar refractivity (Wildman–Crippen MR) is 55.2 cm³/mol. The Morgan fingerprint density at radius 3 is 2.40 bits per heavy atom. The van der Waals surface area contributed by atoms with Crippen molar-refractivity contribution in [3.63, 3.8) is 0 Å². The number of aromatic hydroxyl groups is 1. The highest BCUT2D eigenvalue weighted by molar-refractivity contribution is 6.32. The lowest BCUT2D eigenvalue weighted by Crippen LogP contribution is -2.37. The molecule has 0 aromatic heterocycles. The van der Waals surface area contributed by atoms with Gasteiger partial charge in [-0.2, -0.15) is 0 Å². The first-order chi connectivity index (χ1) is 6.98. The number of ether oxygens (including phenoxy) is 1. The highest BCUT2D eigenvalue weighted by Crippen LogP contribution is 2.26. The summed E-state index contributed by atoms with van der Waals surface area (Å²) in [5.41, 5.74) is 0. The van der Waals surface area contributed by atoms with Crippen LogP contribution in [-0.2, 0) is 4.79 Å². The van der Waals surface area contributed by atoms with Crippen LogP contribution in [0.25, 0.3) is 0 Å². The Hall–Kier alpha value is -1.42. The molecule has 0 bridgehead atoms. The molecule has 15 heavy (non-hydrogen) atoms. The molecule has 0 aliphatic rings. The van der Waals surface area contributed by atoms with E-state index >= 15 is 0 Å². The lowest BCUT2D eigenvalue weighted by Gasteiger charge is -2.22. The Morgan fingerprint density at radius 2 is 2.00 bits per heavy atom. The van der Waals surface area contributed by atoms with E-state index in [1.54, 1.807) is 6.92 Å². The molecule has 2 N–H and O–H groups in total. The molecule has 1 aromatic rings. The zero-order valence-corrected chi connectivity index (χ0v) is 8.86. The molecule has 4 nitrogen and oxygen atoms in total. The Morgan fingerprint density at radius 1 is 1.47 bits per heavy atom. The maximum Gasteiger partial charge on any atom is 0.364 e. The fourth-order valence-electron chi connectivity index (χ4n) is 0.968. The predicted octanol–water partition coefficient (Wildman–Crippen LogP) is 2.20. The highest BCUT2D eigenvalue weighted by Gasteiger charge is 2.36. The van der Waals surface area contributed by atoms with Gasteiger partial charge in [0.05, 0.1) is 0 Å². The topological polar surface area (TPSA) is 66.8 Å². The quantitative estimate of drug-likeness (QED) is 0.779. The minimum absolute atomic E-state index is 0.0781. The van der Waals surface area contributed by atoms with Crippen molar-refractivity contribution in [2.45, 2.75) is 18.4 Å². The van der Waals surface area contributed by atoms with Crippen LogP contribution >= 0.6 is 11.6 Å². The number of hydrogen-bond acceptors (Lipinski definition) is 3. The van der Waals surface area contributed by atoms with Crippen LogP contribution in [0, 0.1) is 0 Å². The van der Waals surface area contributed by atoms with E-state index in [0.717, 1.165) is 0 Å². The normalized spacial score (nSPS) is 14.3. The summed E-state index contributed by atoms with van der Waals surface area (Å²) >= 11 is 5.75. The van der Waals surface area contributed by atoms with E-state index in [0.29, 0.717) is 5.75 Å². The number of aliphatic carboxylic acids is 1. The fraction of sp³-hybridized carbons (Fsp3) is 0.300. The first-order valence-electron chi connectivity index (χ1n) is 4.38. The molecule has 1 rings (SSSR count). The van der Waals surface area contributed by atoms with Crippen molar-refractivity contribution in [3.05, 3.63) is 24.3 Å². The van der Waals surface area contributed by atoms with Crippen molar-refractivity contribution < 1.29 is 19.7 Å². The molecule has 0 saturated carbocycles. The van der Waals surface area contributed by atoms with Gasteiger partial charge in [0, 0.05) is 6.42 Å². The van der Waals surface area contributed by atoms with Crippen molar-refractivity contribution in [1.29, 1.82) is 0 Å². The summed E-state index contributed by atoms with van der Waals surface area (Å²) < 4.78 is 5.12. The van der Waals surface area contributed by atoms with Gasteiger partial charge in [0.1, 0.15) is 11.5 Å². The fourth-order valence-corrected chi connectivity index (χ4v) is 1.06. The summed E-state index contributed by atoms with van der Waals surface area (Å²) in [6.07, 6.45) is 0.130. The second-order valence-corrected chi connectivity index (χ2v) is 3.59. The Bertz CT molecular complexity index is 349. The van der Waals surface area contributed by atoms with Crippen LogP contribution in [0.3, 0.4) is 0 Å². The van der Waals surface area contributed by atoms with Crippen LogP contribution in [0.4, 0.5) is 0 Å². The second kappa shape index (κ2) is 4.40. The maximum absolute atomic E-state index is 10.8. The average Bonchev–Trinajstić information content (AvgIpc) is 2.21. The minimum atomic E-state index is -1.75. The molecule has 0 saturated heterocycles. The standard InChI is InChI=1S/C10H11ClO4/c1-2-10(11,9(13)14)15-8-5-3-7(12)4-6-8/h3-6,12H,2H2,1H3,(H,13,14). The van der Waals surface area contributed by atoms with E-state index in [2.05, 4.69) is 0 Å². The molecule has 0 fully saturated rings. The van der Waals surface area contributed by atoms with E-state index in [9.17, 15) is 4.79 Å². The lowest BCUT2D eigenvalue weighted by molar-refractivity contribution is -0.148. The third-order valence-electron chi connectivity index (χ3n) is 1.89. The van der Waals surface area contributed by atoms with Gasteiger partial charge >= 0.3 is 5.97 Å². The molecule has 0 aliphatic heterocycles. The molecule has 0 amide bonds.